The minimum atomic E-state index is -1.26. The molecule has 8 heteroatoms. The second kappa shape index (κ2) is 9.69. The Hall–Kier alpha value is -2.71. The van der Waals surface area contributed by atoms with Crippen LogP contribution in [0.15, 0.2) is 36.4 Å². The molecule has 0 aliphatic carbocycles. The van der Waals surface area contributed by atoms with E-state index in [0.29, 0.717) is 25.1 Å². The summed E-state index contributed by atoms with van der Waals surface area (Å²) in [6.45, 7) is 3.12. The molecular weight excluding hydrogens is 340 g/mol. The number of anilines is 1. The number of aryl methyl sites for hydroxylation is 1. The summed E-state index contributed by atoms with van der Waals surface area (Å²) in [6, 6.07) is 8.16. The maximum Gasteiger partial charge on any atom is 0.328 e. The largest absolute Gasteiger partial charge is 0.478 e. The SMILES string of the molecule is O=C(O)/C=C\C(=O)O.O=C1CCc2ccccc2N1CC1CNCCO1. The highest BCUT2D eigenvalue weighted by Gasteiger charge is 2.27. The second-order valence-corrected chi connectivity index (χ2v) is 5.84. The number of fused-ring (bicyclic) bond motifs is 1. The topological polar surface area (TPSA) is 116 Å². The molecule has 140 valence electrons. The van der Waals surface area contributed by atoms with E-state index in [1.54, 1.807) is 0 Å². The van der Waals surface area contributed by atoms with Gasteiger partial charge in [0.25, 0.3) is 0 Å². The van der Waals surface area contributed by atoms with Gasteiger partial charge in [-0.2, -0.15) is 0 Å². The Kier molecular flexibility index (Phi) is 7.31. The normalized spacial score (nSPS) is 19.5. The molecule has 1 aromatic carbocycles. The van der Waals surface area contributed by atoms with Gasteiger partial charge >= 0.3 is 11.9 Å². The lowest BCUT2D eigenvalue weighted by Gasteiger charge is -2.34. The fraction of sp³-hybridized carbons (Fsp3) is 0.389. The number of ether oxygens (including phenoxy) is 1. The molecule has 0 radical (unpaired) electrons. The van der Waals surface area contributed by atoms with Crippen LogP contribution in [0.2, 0.25) is 0 Å². The first-order chi connectivity index (χ1) is 12.5. The maximum atomic E-state index is 12.1. The van der Waals surface area contributed by atoms with Crippen LogP contribution in [0.1, 0.15) is 12.0 Å². The minimum absolute atomic E-state index is 0.105. The van der Waals surface area contributed by atoms with Crippen LogP contribution in [0.4, 0.5) is 5.69 Å². The minimum Gasteiger partial charge on any atom is -0.478 e. The summed E-state index contributed by atoms with van der Waals surface area (Å²) < 4.78 is 5.69. The number of aliphatic carboxylic acids is 2. The summed E-state index contributed by atoms with van der Waals surface area (Å²) in [5.41, 5.74) is 2.32. The molecule has 1 atom stereocenters. The molecule has 2 aliphatic rings. The number of carbonyl (C=O) groups is 3. The fourth-order valence-corrected chi connectivity index (χ4v) is 2.78. The smallest absolute Gasteiger partial charge is 0.328 e. The van der Waals surface area contributed by atoms with E-state index in [1.807, 2.05) is 23.1 Å². The third-order valence-electron chi connectivity index (χ3n) is 3.95. The van der Waals surface area contributed by atoms with E-state index in [1.165, 1.54) is 5.56 Å². The lowest BCUT2D eigenvalue weighted by molar-refractivity contribution is -0.134. The number of carboxylic acid groups (broad SMARTS) is 2. The van der Waals surface area contributed by atoms with Gasteiger partial charge in [-0.25, -0.2) is 9.59 Å². The van der Waals surface area contributed by atoms with Crippen molar-refractivity contribution in [3.8, 4) is 0 Å². The monoisotopic (exact) mass is 362 g/mol. The van der Waals surface area contributed by atoms with E-state index in [4.69, 9.17) is 14.9 Å². The number of morpholine rings is 1. The van der Waals surface area contributed by atoms with Crippen LogP contribution in [-0.4, -0.2) is 60.4 Å². The van der Waals surface area contributed by atoms with Gasteiger partial charge in [0.05, 0.1) is 19.3 Å². The summed E-state index contributed by atoms with van der Waals surface area (Å²) in [4.78, 5) is 33.1. The van der Waals surface area contributed by atoms with E-state index < -0.39 is 11.9 Å². The number of hydrogen-bond donors (Lipinski definition) is 3. The van der Waals surface area contributed by atoms with Gasteiger partial charge in [-0.15, -0.1) is 0 Å². The number of hydrogen-bond acceptors (Lipinski definition) is 5. The van der Waals surface area contributed by atoms with Crippen LogP contribution < -0.4 is 10.2 Å². The maximum absolute atomic E-state index is 12.1. The van der Waals surface area contributed by atoms with Crippen molar-refractivity contribution in [3.63, 3.8) is 0 Å². The molecule has 2 aliphatic heterocycles. The number of carboxylic acids is 2. The lowest BCUT2D eigenvalue weighted by Crippen LogP contribution is -2.48. The number of amides is 1. The summed E-state index contributed by atoms with van der Waals surface area (Å²) in [5, 5.41) is 18.9. The Bertz CT molecular complexity index is 666. The summed E-state index contributed by atoms with van der Waals surface area (Å²) in [5.74, 6) is -2.30. The van der Waals surface area contributed by atoms with E-state index in [0.717, 1.165) is 31.8 Å². The van der Waals surface area contributed by atoms with Crippen LogP contribution in [-0.2, 0) is 25.5 Å². The van der Waals surface area contributed by atoms with Gasteiger partial charge in [0.15, 0.2) is 0 Å². The number of benzene rings is 1. The van der Waals surface area contributed by atoms with Gasteiger partial charge in [0.1, 0.15) is 0 Å². The van der Waals surface area contributed by atoms with Gasteiger partial charge < -0.3 is 25.2 Å². The third-order valence-corrected chi connectivity index (χ3v) is 3.95. The first-order valence-electron chi connectivity index (χ1n) is 8.32. The molecule has 0 bridgehead atoms. The van der Waals surface area contributed by atoms with Crippen LogP contribution in [0.5, 0.6) is 0 Å². The summed E-state index contributed by atoms with van der Waals surface area (Å²) >= 11 is 0. The highest BCUT2D eigenvalue weighted by molar-refractivity contribution is 5.96. The molecule has 2 heterocycles. The van der Waals surface area contributed by atoms with Crippen molar-refractivity contribution >= 4 is 23.5 Å². The Morgan fingerprint density at radius 1 is 1.19 bits per heavy atom. The average molecular weight is 362 g/mol. The molecule has 0 spiro atoms. The van der Waals surface area contributed by atoms with E-state index in [2.05, 4.69) is 11.4 Å². The highest BCUT2D eigenvalue weighted by Crippen LogP contribution is 2.27. The van der Waals surface area contributed by atoms with Crippen molar-refractivity contribution in [3.05, 3.63) is 42.0 Å². The molecule has 1 aromatic rings. The molecular formula is C18H22N2O6. The standard InChI is InChI=1S/C14H18N2O2.C4H4O4/c17-14-6-5-11-3-1-2-4-13(11)16(14)10-12-9-15-7-8-18-12;5-3(6)1-2-4(7)8/h1-4,12,15H,5-10H2;1-2H,(H,5,6)(H,7,8)/b;2-1-. The average Bonchev–Trinajstić information content (AvgIpc) is 2.64. The molecule has 3 rings (SSSR count). The Morgan fingerprint density at radius 3 is 2.50 bits per heavy atom. The van der Waals surface area contributed by atoms with Gasteiger partial charge in [0.2, 0.25) is 5.91 Å². The summed E-state index contributed by atoms with van der Waals surface area (Å²) in [7, 11) is 0. The molecule has 3 N–H and O–H groups in total. The van der Waals surface area contributed by atoms with Gasteiger partial charge in [0, 0.05) is 37.3 Å². The Morgan fingerprint density at radius 2 is 1.88 bits per heavy atom. The number of nitrogens with one attached hydrogen (secondary N) is 1. The van der Waals surface area contributed by atoms with E-state index >= 15 is 0 Å². The fourth-order valence-electron chi connectivity index (χ4n) is 2.78. The first-order valence-corrected chi connectivity index (χ1v) is 8.32. The van der Waals surface area contributed by atoms with Gasteiger partial charge in [-0.1, -0.05) is 18.2 Å². The van der Waals surface area contributed by atoms with Crippen LogP contribution >= 0.6 is 0 Å². The van der Waals surface area contributed by atoms with Crippen molar-refractivity contribution < 1.29 is 29.3 Å². The molecule has 8 nitrogen and oxygen atoms in total. The van der Waals surface area contributed by atoms with Crippen LogP contribution in [0.3, 0.4) is 0 Å². The Balaban J connectivity index is 0.000000260. The number of carbonyl (C=O) groups excluding carboxylic acids is 1. The van der Waals surface area contributed by atoms with Crippen molar-refractivity contribution in [1.29, 1.82) is 0 Å². The van der Waals surface area contributed by atoms with Crippen molar-refractivity contribution in [2.45, 2.75) is 18.9 Å². The lowest BCUT2D eigenvalue weighted by atomic mass is 10.0. The summed E-state index contributed by atoms with van der Waals surface area (Å²) in [6.07, 6.45) is 2.69. The first kappa shape index (κ1) is 19.6. The molecule has 1 amide bonds. The van der Waals surface area contributed by atoms with Crippen molar-refractivity contribution in [2.24, 2.45) is 0 Å². The van der Waals surface area contributed by atoms with Crippen molar-refractivity contribution in [2.75, 3.05) is 31.1 Å². The Labute approximate surface area is 151 Å². The molecule has 0 saturated carbocycles. The predicted octanol–water partition coefficient (Wildman–Crippen LogP) is 0.666. The molecule has 0 aromatic heterocycles. The van der Waals surface area contributed by atoms with Crippen LogP contribution in [0.25, 0.3) is 0 Å². The van der Waals surface area contributed by atoms with Crippen LogP contribution in [0, 0.1) is 0 Å². The zero-order valence-corrected chi connectivity index (χ0v) is 14.3. The zero-order valence-electron chi connectivity index (χ0n) is 14.3. The second-order valence-electron chi connectivity index (χ2n) is 5.84. The number of rotatable bonds is 4. The zero-order chi connectivity index (χ0) is 18.9. The van der Waals surface area contributed by atoms with Gasteiger partial charge in [-0.3, -0.25) is 4.79 Å². The predicted molar refractivity (Wildman–Crippen MR) is 94.1 cm³/mol. The van der Waals surface area contributed by atoms with E-state index in [-0.39, 0.29) is 12.0 Å². The van der Waals surface area contributed by atoms with Gasteiger partial charge in [-0.05, 0) is 18.1 Å². The third kappa shape index (κ3) is 5.98. The van der Waals surface area contributed by atoms with E-state index in [9.17, 15) is 14.4 Å². The number of para-hydroxylation sites is 1. The van der Waals surface area contributed by atoms with Crippen molar-refractivity contribution in [1.82, 2.24) is 5.32 Å². The highest BCUT2D eigenvalue weighted by atomic mass is 16.5. The number of nitrogens with zero attached hydrogens (tertiary/aromatic N) is 1. The molecule has 1 unspecified atom stereocenters. The molecule has 1 saturated heterocycles. The molecule has 26 heavy (non-hydrogen) atoms. The molecule has 1 fully saturated rings. The quantitative estimate of drug-likeness (QED) is 0.674.